The van der Waals surface area contributed by atoms with Gasteiger partial charge in [0, 0.05) is 0 Å². The molecule has 0 rings (SSSR count). The van der Waals surface area contributed by atoms with E-state index < -0.39 is 26.9 Å². The molecule has 0 radical (unpaired) electrons. The molecule has 0 fully saturated rings. The molecule has 132 valence electrons. The second kappa shape index (κ2) is 15.6. The number of nitrogens with two attached hydrogens (primary N) is 1. The molecule has 0 aliphatic heterocycles. The van der Waals surface area contributed by atoms with Gasteiger partial charge >= 0.3 is 93.6 Å². The summed E-state index contributed by atoms with van der Waals surface area (Å²) in [4.78, 5) is 8.78. The van der Waals surface area contributed by atoms with Gasteiger partial charge in [0.15, 0.2) is 0 Å². The second-order valence-electron chi connectivity index (χ2n) is 4.03. The van der Waals surface area contributed by atoms with Crippen LogP contribution in [0.4, 0.5) is 4.79 Å². The number of unbranched alkanes of at least 4 members (excludes halogenated alkanes) is 2. The molecule has 13 heteroatoms. The number of carboxylic acid groups (broad SMARTS) is 1. The Balaban J connectivity index is -0.000000266. The molecule has 0 heterocycles. The standard InChI is InChI=1S/2C4H9.CH3NO2.H2O7S2.Zn/c2*1-3-4-2;2-1(3)4;1-8(2,3)7-9(4,5)6;/h2*1,3-4H2,2H3;2H2,(H,3,4);(H,1,2,3)(H,4,5,6);. The van der Waals surface area contributed by atoms with E-state index >= 15 is 0 Å². The average molecular weight is 419 g/mol. The zero-order valence-corrected chi connectivity index (χ0v) is 17.2. The number of amides is 1. The summed E-state index contributed by atoms with van der Waals surface area (Å²) in [6.07, 6.45) is 4.53. The van der Waals surface area contributed by atoms with E-state index in [0.717, 1.165) is 0 Å². The Hall–Kier alpha value is -0.327. The SMILES string of the molecule is CCC[CH2][Zn][CH2]CCC.NC(=O)O.O=S(=O)(O)OS(=O)(=O)O. The van der Waals surface area contributed by atoms with Crippen molar-refractivity contribution >= 4 is 26.9 Å². The summed E-state index contributed by atoms with van der Waals surface area (Å²) in [6.45, 7) is 4.59. The summed E-state index contributed by atoms with van der Waals surface area (Å²) < 4.78 is 55.6. The Morgan fingerprint density at radius 1 is 1.00 bits per heavy atom. The topological polar surface area (TPSA) is 181 Å². The number of primary amides is 1. The van der Waals surface area contributed by atoms with Crippen LogP contribution in [0, 0.1) is 0 Å². The van der Waals surface area contributed by atoms with Crippen LogP contribution in [-0.4, -0.2) is 37.1 Å². The monoisotopic (exact) mass is 417 g/mol. The molecule has 0 saturated heterocycles. The largest absolute Gasteiger partial charge is 0.465 e. The zero-order valence-electron chi connectivity index (χ0n) is 12.6. The predicted octanol–water partition coefficient (Wildman–Crippen LogP) is 1.74. The van der Waals surface area contributed by atoms with Crippen molar-refractivity contribution in [1.29, 1.82) is 0 Å². The Morgan fingerprint density at radius 2 is 1.27 bits per heavy atom. The molecule has 0 aromatic heterocycles. The van der Waals surface area contributed by atoms with Crippen LogP contribution >= 0.6 is 0 Å². The van der Waals surface area contributed by atoms with Gasteiger partial charge in [-0.2, -0.15) is 16.8 Å². The molecule has 0 bridgehead atoms. The van der Waals surface area contributed by atoms with Crippen molar-refractivity contribution < 1.29 is 56.6 Å². The molecule has 0 spiro atoms. The van der Waals surface area contributed by atoms with Gasteiger partial charge in [0.1, 0.15) is 0 Å². The Labute approximate surface area is 138 Å². The molecular formula is C9H23NO9S2Zn. The van der Waals surface area contributed by atoms with Crippen molar-refractivity contribution in [1.82, 2.24) is 0 Å². The smallest absolute Gasteiger partial charge is 0.413 e. The summed E-state index contributed by atoms with van der Waals surface area (Å²) in [7, 11) is -10.2. The number of hydrogen-bond acceptors (Lipinski definition) is 6. The van der Waals surface area contributed by atoms with Crippen molar-refractivity contribution in [2.24, 2.45) is 5.73 Å². The Bertz CT molecular complexity index is 423. The third-order valence-corrected chi connectivity index (χ3v) is 7.45. The van der Waals surface area contributed by atoms with E-state index in [9.17, 15) is 16.8 Å². The summed E-state index contributed by atoms with van der Waals surface area (Å²) in [5.41, 5.74) is 4.03. The molecule has 10 nitrogen and oxygen atoms in total. The molecule has 0 aromatic carbocycles. The first kappa shape index (κ1) is 26.6. The molecule has 0 aliphatic carbocycles. The van der Waals surface area contributed by atoms with Crippen molar-refractivity contribution in [3.8, 4) is 0 Å². The van der Waals surface area contributed by atoms with Gasteiger partial charge in [0.2, 0.25) is 0 Å². The van der Waals surface area contributed by atoms with E-state index in [4.69, 9.17) is 19.0 Å². The van der Waals surface area contributed by atoms with Crippen molar-refractivity contribution in [3.05, 3.63) is 0 Å². The van der Waals surface area contributed by atoms with Gasteiger partial charge in [-0.15, -0.1) is 3.63 Å². The first-order chi connectivity index (χ1) is 9.85. The first-order valence-corrected chi connectivity index (χ1v) is 13.4. The Morgan fingerprint density at radius 3 is 1.41 bits per heavy atom. The minimum absolute atomic E-state index is 0.0146. The fraction of sp³-hybridized carbons (Fsp3) is 0.889. The van der Waals surface area contributed by atoms with E-state index in [0.29, 0.717) is 0 Å². The minimum atomic E-state index is -5.12. The van der Waals surface area contributed by atoms with Gasteiger partial charge in [-0.25, -0.2) is 4.79 Å². The second-order valence-corrected chi connectivity index (χ2v) is 10.7. The maximum absolute atomic E-state index is 9.44. The maximum Gasteiger partial charge on any atom is 0.413 e. The van der Waals surface area contributed by atoms with Crippen LogP contribution in [0.15, 0.2) is 0 Å². The van der Waals surface area contributed by atoms with E-state index in [2.05, 4.69) is 23.2 Å². The van der Waals surface area contributed by atoms with Gasteiger partial charge in [0.05, 0.1) is 0 Å². The van der Waals surface area contributed by atoms with Crippen LogP contribution in [0.1, 0.15) is 39.5 Å². The van der Waals surface area contributed by atoms with Gasteiger partial charge < -0.3 is 10.8 Å². The van der Waals surface area contributed by atoms with E-state index in [1.165, 1.54) is 25.7 Å². The van der Waals surface area contributed by atoms with Crippen molar-refractivity contribution in [3.63, 3.8) is 0 Å². The van der Waals surface area contributed by atoms with Crippen LogP contribution in [0.3, 0.4) is 0 Å². The van der Waals surface area contributed by atoms with Crippen LogP contribution in [0.5, 0.6) is 0 Å². The molecule has 0 unspecified atom stereocenters. The van der Waals surface area contributed by atoms with E-state index in [1.54, 1.807) is 10.0 Å². The zero-order chi connectivity index (χ0) is 18.2. The molecule has 1 amide bonds. The molecule has 22 heavy (non-hydrogen) atoms. The summed E-state index contributed by atoms with van der Waals surface area (Å²) >= 11 is 0.0146. The molecule has 0 saturated carbocycles. The summed E-state index contributed by atoms with van der Waals surface area (Å²) in [6, 6.07) is 0. The van der Waals surface area contributed by atoms with Gasteiger partial charge in [0.25, 0.3) is 0 Å². The van der Waals surface area contributed by atoms with Crippen molar-refractivity contribution in [2.75, 3.05) is 0 Å². The number of hydrogen-bond donors (Lipinski definition) is 4. The van der Waals surface area contributed by atoms with Crippen LogP contribution in [-0.2, 0) is 41.6 Å². The third-order valence-electron chi connectivity index (χ3n) is 1.88. The fourth-order valence-corrected chi connectivity index (χ4v) is 6.33. The normalized spacial score (nSPS) is 10.4. The molecular weight excluding hydrogens is 396 g/mol. The fourth-order valence-electron chi connectivity index (χ4n) is 1.14. The van der Waals surface area contributed by atoms with E-state index in [1.807, 2.05) is 0 Å². The minimum Gasteiger partial charge on any atom is -0.465 e. The summed E-state index contributed by atoms with van der Waals surface area (Å²) in [5, 5.41) is 10.5. The van der Waals surface area contributed by atoms with E-state index in [-0.39, 0.29) is 17.1 Å². The Kier molecular flexibility index (Phi) is 18.8. The average Bonchev–Trinajstić information content (AvgIpc) is 2.24. The molecule has 5 N–H and O–H groups in total. The molecule has 0 atom stereocenters. The third kappa shape index (κ3) is 50.3. The van der Waals surface area contributed by atoms with Crippen LogP contribution in [0.25, 0.3) is 0 Å². The molecule has 0 aliphatic rings. The maximum atomic E-state index is 9.44. The summed E-state index contributed by atoms with van der Waals surface area (Å²) in [5.74, 6) is 0. The quantitative estimate of drug-likeness (QED) is 0.259. The van der Waals surface area contributed by atoms with Crippen LogP contribution < -0.4 is 5.73 Å². The number of rotatable bonds is 8. The van der Waals surface area contributed by atoms with Crippen LogP contribution in [0.2, 0.25) is 10.0 Å². The van der Waals surface area contributed by atoms with Gasteiger partial charge in [-0.3, -0.25) is 9.11 Å². The van der Waals surface area contributed by atoms with Crippen molar-refractivity contribution in [2.45, 2.75) is 49.6 Å². The predicted molar refractivity (Wildman–Crippen MR) is 75.8 cm³/mol. The number of carbonyl (C=O) groups is 1. The first-order valence-electron chi connectivity index (χ1n) is 6.50. The molecule has 0 aromatic rings. The van der Waals surface area contributed by atoms with Gasteiger partial charge in [-0.1, -0.05) is 0 Å². The van der Waals surface area contributed by atoms with Gasteiger partial charge in [-0.05, 0) is 0 Å².